The largest absolute Gasteiger partial charge is 0.480 e. The quantitative estimate of drug-likeness (QED) is 0.678. The van der Waals surface area contributed by atoms with E-state index in [2.05, 4.69) is 0 Å². The van der Waals surface area contributed by atoms with E-state index in [1.165, 1.54) is 18.2 Å². The number of carbonyl (C=O) groups excluding carboxylic acids is 1. The Kier molecular flexibility index (Phi) is 2.01. The molecule has 1 saturated carbocycles. The number of rotatable bonds is 1. The first-order valence-corrected chi connectivity index (χ1v) is 5.04. The topological polar surface area (TPSA) is 57.6 Å². The third kappa shape index (κ3) is 1.29. The van der Waals surface area contributed by atoms with Gasteiger partial charge < -0.3 is 10.0 Å². The Morgan fingerprint density at radius 1 is 1.43 bits per heavy atom. The lowest BCUT2D eigenvalue weighted by molar-refractivity contribution is -0.147. The summed E-state index contributed by atoms with van der Waals surface area (Å²) in [5.41, 5.74) is 0.148. The first kappa shape index (κ1) is 9.49. The van der Waals surface area contributed by atoms with Crippen LogP contribution in [-0.2, 0) is 9.59 Å². The molecule has 1 atom stereocenters. The fraction of sp³-hybridized carbons (Fsp3) is 0.800. The molecule has 14 heavy (non-hydrogen) atoms. The van der Waals surface area contributed by atoms with E-state index in [1.54, 1.807) is 0 Å². The number of amides is 1. The Balaban J connectivity index is 2.15. The van der Waals surface area contributed by atoms with Crippen molar-refractivity contribution in [1.82, 2.24) is 4.90 Å². The van der Waals surface area contributed by atoms with Gasteiger partial charge in [-0.25, -0.2) is 4.79 Å². The van der Waals surface area contributed by atoms with Gasteiger partial charge in [0.25, 0.3) is 0 Å². The molecule has 4 heteroatoms. The Hall–Kier alpha value is -1.06. The Labute approximate surface area is 82.9 Å². The molecule has 2 rings (SSSR count). The minimum absolute atomic E-state index is 0.110. The van der Waals surface area contributed by atoms with E-state index in [9.17, 15) is 9.59 Å². The number of nitrogens with zero attached hydrogens (tertiary/aromatic N) is 1. The van der Waals surface area contributed by atoms with Crippen LogP contribution in [0.4, 0.5) is 0 Å². The highest BCUT2D eigenvalue weighted by atomic mass is 16.4. The second-order valence-corrected chi connectivity index (χ2v) is 4.56. The molecule has 2 fully saturated rings. The van der Waals surface area contributed by atoms with Crippen molar-refractivity contribution in [3.63, 3.8) is 0 Å². The van der Waals surface area contributed by atoms with Crippen LogP contribution in [0.5, 0.6) is 0 Å². The SMILES string of the molecule is CC(=O)N1CC2(CCC2)CC1C(=O)O. The van der Waals surface area contributed by atoms with Gasteiger partial charge in [0.05, 0.1) is 0 Å². The highest BCUT2D eigenvalue weighted by Crippen LogP contribution is 2.50. The predicted octanol–water partition coefficient (Wildman–Crippen LogP) is 0.862. The summed E-state index contributed by atoms with van der Waals surface area (Å²) in [5.74, 6) is -0.967. The van der Waals surface area contributed by atoms with E-state index in [-0.39, 0.29) is 11.3 Å². The first-order valence-electron chi connectivity index (χ1n) is 5.04. The Bertz CT molecular complexity index is 259. The van der Waals surface area contributed by atoms with Crippen molar-refractivity contribution in [3.05, 3.63) is 0 Å². The molecule has 1 aliphatic carbocycles. The van der Waals surface area contributed by atoms with Crippen LogP contribution >= 0.6 is 0 Å². The summed E-state index contributed by atoms with van der Waals surface area (Å²) in [6, 6.07) is -0.576. The normalized spacial score (nSPS) is 28.9. The van der Waals surface area contributed by atoms with Crippen LogP contribution in [0, 0.1) is 5.41 Å². The Morgan fingerprint density at radius 3 is 2.36 bits per heavy atom. The van der Waals surface area contributed by atoms with E-state index in [4.69, 9.17) is 5.11 Å². The van der Waals surface area contributed by atoms with Crippen LogP contribution in [0.3, 0.4) is 0 Å². The lowest BCUT2D eigenvalue weighted by Crippen LogP contribution is -2.39. The van der Waals surface area contributed by atoms with Crippen LogP contribution in [-0.4, -0.2) is 34.5 Å². The van der Waals surface area contributed by atoms with Crippen LogP contribution < -0.4 is 0 Å². The summed E-state index contributed by atoms with van der Waals surface area (Å²) in [4.78, 5) is 23.7. The minimum atomic E-state index is -0.857. The van der Waals surface area contributed by atoms with Crippen LogP contribution in [0.2, 0.25) is 0 Å². The van der Waals surface area contributed by atoms with Gasteiger partial charge in [-0.3, -0.25) is 4.79 Å². The maximum absolute atomic E-state index is 11.3. The monoisotopic (exact) mass is 197 g/mol. The summed E-state index contributed by atoms with van der Waals surface area (Å²) in [6.07, 6.45) is 4.00. The summed E-state index contributed by atoms with van der Waals surface area (Å²) in [6.45, 7) is 2.10. The van der Waals surface area contributed by atoms with Gasteiger partial charge in [0.1, 0.15) is 6.04 Å². The summed E-state index contributed by atoms with van der Waals surface area (Å²) >= 11 is 0. The fourth-order valence-corrected chi connectivity index (χ4v) is 2.65. The number of aliphatic carboxylic acids is 1. The summed E-state index contributed by atoms with van der Waals surface area (Å²) in [5, 5.41) is 8.99. The molecule has 1 aliphatic heterocycles. The maximum Gasteiger partial charge on any atom is 0.326 e. The predicted molar refractivity (Wildman–Crippen MR) is 49.7 cm³/mol. The molecule has 0 aromatic rings. The smallest absolute Gasteiger partial charge is 0.326 e. The number of carbonyl (C=O) groups is 2. The van der Waals surface area contributed by atoms with Crippen molar-refractivity contribution in [2.75, 3.05) is 6.54 Å². The van der Waals surface area contributed by atoms with E-state index < -0.39 is 12.0 Å². The van der Waals surface area contributed by atoms with Crippen molar-refractivity contribution >= 4 is 11.9 Å². The van der Waals surface area contributed by atoms with Gasteiger partial charge in [-0.1, -0.05) is 6.42 Å². The number of carboxylic acid groups (broad SMARTS) is 1. The van der Waals surface area contributed by atoms with Gasteiger partial charge in [0, 0.05) is 13.5 Å². The lowest BCUT2D eigenvalue weighted by atomic mass is 9.67. The standard InChI is InChI=1S/C10H15NO3/c1-7(12)11-6-10(3-2-4-10)5-8(11)9(13)14/h8H,2-6H2,1H3,(H,13,14). The third-order valence-corrected chi connectivity index (χ3v) is 3.61. The lowest BCUT2D eigenvalue weighted by Gasteiger charge is -2.37. The van der Waals surface area contributed by atoms with Gasteiger partial charge >= 0.3 is 5.97 Å². The van der Waals surface area contributed by atoms with Crippen molar-refractivity contribution in [2.24, 2.45) is 5.41 Å². The molecular weight excluding hydrogens is 182 g/mol. The highest BCUT2D eigenvalue weighted by molar-refractivity contribution is 5.83. The average Bonchev–Trinajstić information content (AvgIpc) is 2.42. The van der Waals surface area contributed by atoms with Gasteiger partial charge in [-0.05, 0) is 24.7 Å². The highest BCUT2D eigenvalue weighted by Gasteiger charge is 2.50. The molecule has 4 nitrogen and oxygen atoms in total. The number of hydrogen-bond acceptors (Lipinski definition) is 2. The van der Waals surface area contributed by atoms with Gasteiger partial charge in [0.15, 0.2) is 0 Å². The third-order valence-electron chi connectivity index (χ3n) is 3.61. The molecule has 1 amide bonds. The van der Waals surface area contributed by atoms with Crippen LogP contribution in [0.25, 0.3) is 0 Å². The van der Waals surface area contributed by atoms with Gasteiger partial charge in [-0.2, -0.15) is 0 Å². The average molecular weight is 197 g/mol. The van der Waals surface area contributed by atoms with E-state index in [0.717, 1.165) is 12.8 Å². The molecule has 0 bridgehead atoms. The minimum Gasteiger partial charge on any atom is -0.480 e. The van der Waals surface area contributed by atoms with Crippen molar-refractivity contribution in [1.29, 1.82) is 0 Å². The van der Waals surface area contributed by atoms with Crippen molar-refractivity contribution < 1.29 is 14.7 Å². The van der Waals surface area contributed by atoms with Crippen molar-refractivity contribution in [3.8, 4) is 0 Å². The molecule has 1 heterocycles. The second-order valence-electron chi connectivity index (χ2n) is 4.56. The van der Waals surface area contributed by atoms with Crippen molar-refractivity contribution in [2.45, 2.75) is 38.6 Å². The molecule has 0 radical (unpaired) electrons. The molecule has 1 unspecified atom stereocenters. The molecule has 78 valence electrons. The number of hydrogen-bond donors (Lipinski definition) is 1. The first-order chi connectivity index (χ1) is 6.54. The van der Waals surface area contributed by atoms with E-state index in [0.29, 0.717) is 13.0 Å². The maximum atomic E-state index is 11.3. The van der Waals surface area contributed by atoms with Crippen LogP contribution in [0.15, 0.2) is 0 Å². The second kappa shape index (κ2) is 2.97. The number of likely N-dealkylation sites (tertiary alicyclic amines) is 1. The fourth-order valence-electron chi connectivity index (χ4n) is 2.65. The van der Waals surface area contributed by atoms with Gasteiger partial charge in [-0.15, -0.1) is 0 Å². The molecule has 2 aliphatic rings. The zero-order chi connectivity index (χ0) is 10.3. The molecule has 1 saturated heterocycles. The number of carboxylic acids is 1. The van der Waals surface area contributed by atoms with Crippen LogP contribution in [0.1, 0.15) is 32.6 Å². The van der Waals surface area contributed by atoms with E-state index >= 15 is 0 Å². The van der Waals surface area contributed by atoms with E-state index in [1.807, 2.05) is 0 Å². The molecular formula is C10H15NO3. The molecule has 0 aromatic carbocycles. The molecule has 1 N–H and O–H groups in total. The molecule has 1 spiro atoms. The zero-order valence-electron chi connectivity index (χ0n) is 8.32. The Morgan fingerprint density at radius 2 is 2.07 bits per heavy atom. The molecule has 0 aromatic heterocycles. The summed E-state index contributed by atoms with van der Waals surface area (Å²) < 4.78 is 0. The summed E-state index contributed by atoms with van der Waals surface area (Å²) in [7, 11) is 0. The van der Waals surface area contributed by atoms with Gasteiger partial charge in [0.2, 0.25) is 5.91 Å². The zero-order valence-corrected chi connectivity index (χ0v) is 8.32.